The minimum absolute atomic E-state index is 0.129. The lowest BCUT2D eigenvalue weighted by Gasteiger charge is -2.15. The molecule has 0 bridgehead atoms. The number of hydrogen-bond acceptors (Lipinski definition) is 3. The molecule has 3 N–H and O–H groups in total. The number of rotatable bonds is 5. The van der Waals surface area contributed by atoms with Gasteiger partial charge in [-0.15, -0.1) is 6.42 Å². The Hall–Kier alpha value is -2.06. The zero-order valence-corrected chi connectivity index (χ0v) is 10.9. The van der Waals surface area contributed by atoms with E-state index in [2.05, 4.69) is 11.2 Å². The van der Waals surface area contributed by atoms with Crippen LogP contribution in [0.15, 0.2) is 18.2 Å². The Morgan fingerprint density at radius 1 is 1.58 bits per heavy atom. The van der Waals surface area contributed by atoms with Gasteiger partial charge < -0.3 is 15.8 Å². The molecule has 0 aliphatic carbocycles. The highest BCUT2D eigenvalue weighted by Crippen LogP contribution is 2.21. The maximum Gasteiger partial charge on any atom is 0.261 e. The molecule has 1 aromatic rings. The van der Waals surface area contributed by atoms with Gasteiger partial charge in [0.1, 0.15) is 11.6 Å². The summed E-state index contributed by atoms with van der Waals surface area (Å²) in [6.45, 7) is 3.38. The fraction of sp³-hybridized carbons (Fsp3) is 0.357. The van der Waals surface area contributed by atoms with Gasteiger partial charge in [-0.25, -0.2) is 4.39 Å². The smallest absolute Gasteiger partial charge is 0.261 e. The number of halogens is 1. The van der Waals surface area contributed by atoms with E-state index in [0.717, 1.165) is 0 Å². The highest BCUT2D eigenvalue weighted by Gasteiger charge is 2.15. The number of ether oxygens (including phenoxy) is 1. The summed E-state index contributed by atoms with van der Waals surface area (Å²) in [5, 5.41) is 2.48. The summed E-state index contributed by atoms with van der Waals surface area (Å²) in [7, 11) is 0. The van der Waals surface area contributed by atoms with Gasteiger partial charge in [0.05, 0.1) is 6.54 Å². The van der Waals surface area contributed by atoms with Crippen molar-refractivity contribution in [1.29, 1.82) is 0 Å². The van der Waals surface area contributed by atoms with Crippen LogP contribution in [0.3, 0.4) is 0 Å². The number of nitrogens with two attached hydrogens (primary N) is 1. The number of carbonyl (C=O) groups is 1. The number of amides is 1. The lowest BCUT2D eigenvalue weighted by molar-refractivity contribution is -0.127. The number of benzene rings is 1. The number of hydrogen-bond donors (Lipinski definition) is 2. The molecule has 1 aromatic carbocycles. The van der Waals surface area contributed by atoms with Crippen LogP contribution in [0.4, 0.5) is 4.39 Å². The Morgan fingerprint density at radius 2 is 2.26 bits per heavy atom. The van der Waals surface area contributed by atoms with Crippen LogP contribution in [0.2, 0.25) is 0 Å². The molecular weight excluding hydrogens is 247 g/mol. The molecule has 0 aliphatic heterocycles. The second kappa shape index (κ2) is 6.76. The number of terminal acetylenes is 1. The second-order valence-electron chi connectivity index (χ2n) is 4.15. The van der Waals surface area contributed by atoms with Crippen LogP contribution in [0, 0.1) is 18.2 Å². The fourth-order valence-corrected chi connectivity index (χ4v) is 1.49. The molecule has 0 fully saturated rings. The third-order valence-corrected chi connectivity index (χ3v) is 2.51. The Labute approximate surface area is 112 Å². The summed E-state index contributed by atoms with van der Waals surface area (Å²) in [5.74, 6) is 1.75. The van der Waals surface area contributed by atoms with Crippen molar-refractivity contribution in [3.05, 3.63) is 29.6 Å². The normalized spacial score (nSPS) is 13.2. The van der Waals surface area contributed by atoms with E-state index < -0.39 is 18.0 Å². The average molecular weight is 264 g/mol. The quantitative estimate of drug-likeness (QED) is 0.789. The predicted octanol–water partition coefficient (Wildman–Crippen LogP) is 1.36. The Bertz CT molecular complexity index is 495. The SMILES string of the molecule is C#CCNC(=O)C(C)Oc1ccc(C(C)N)c(F)c1. The average Bonchev–Trinajstić information content (AvgIpc) is 2.35. The highest BCUT2D eigenvalue weighted by molar-refractivity contribution is 5.80. The van der Waals surface area contributed by atoms with Crippen molar-refractivity contribution in [2.75, 3.05) is 6.54 Å². The molecule has 0 radical (unpaired) electrons. The van der Waals surface area contributed by atoms with Crippen LogP contribution < -0.4 is 15.8 Å². The van der Waals surface area contributed by atoms with Gasteiger partial charge in [0.25, 0.3) is 5.91 Å². The van der Waals surface area contributed by atoms with Crippen molar-refractivity contribution < 1.29 is 13.9 Å². The van der Waals surface area contributed by atoms with Crippen molar-refractivity contribution in [2.24, 2.45) is 5.73 Å². The molecule has 2 atom stereocenters. The molecule has 0 spiro atoms. The first-order valence-corrected chi connectivity index (χ1v) is 5.88. The summed E-state index contributed by atoms with van der Waals surface area (Å²) in [5.41, 5.74) is 6.01. The van der Waals surface area contributed by atoms with Gasteiger partial charge in [-0.1, -0.05) is 12.0 Å². The van der Waals surface area contributed by atoms with E-state index in [0.29, 0.717) is 5.56 Å². The van der Waals surface area contributed by atoms with Crippen LogP contribution >= 0.6 is 0 Å². The lowest BCUT2D eigenvalue weighted by atomic mass is 10.1. The molecular formula is C14H17FN2O2. The van der Waals surface area contributed by atoms with Crippen molar-refractivity contribution >= 4 is 5.91 Å². The Morgan fingerprint density at radius 3 is 2.79 bits per heavy atom. The largest absolute Gasteiger partial charge is 0.481 e. The first-order valence-electron chi connectivity index (χ1n) is 5.88. The topological polar surface area (TPSA) is 64.3 Å². The first kappa shape index (κ1) is 15.0. The maximum absolute atomic E-state index is 13.7. The van der Waals surface area contributed by atoms with Gasteiger partial charge in [-0.05, 0) is 19.9 Å². The third-order valence-electron chi connectivity index (χ3n) is 2.51. The zero-order chi connectivity index (χ0) is 14.4. The third kappa shape index (κ3) is 4.27. The first-order chi connectivity index (χ1) is 8.95. The van der Waals surface area contributed by atoms with E-state index in [-0.39, 0.29) is 18.2 Å². The van der Waals surface area contributed by atoms with Crippen LogP contribution in [-0.2, 0) is 4.79 Å². The summed E-state index contributed by atoms with van der Waals surface area (Å²) >= 11 is 0. The van der Waals surface area contributed by atoms with Crippen LogP contribution in [0.5, 0.6) is 5.75 Å². The summed E-state index contributed by atoms with van der Waals surface area (Å²) in [6.07, 6.45) is 4.27. The highest BCUT2D eigenvalue weighted by atomic mass is 19.1. The minimum atomic E-state index is -0.756. The minimum Gasteiger partial charge on any atom is -0.481 e. The van der Waals surface area contributed by atoms with Gasteiger partial charge >= 0.3 is 0 Å². The van der Waals surface area contributed by atoms with E-state index in [1.807, 2.05) is 0 Å². The molecule has 0 saturated heterocycles. The molecule has 0 heterocycles. The van der Waals surface area contributed by atoms with E-state index in [1.54, 1.807) is 26.0 Å². The van der Waals surface area contributed by atoms with Crippen molar-refractivity contribution in [3.63, 3.8) is 0 Å². The molecule has 0 aliphatic rings. The van der Waals surface area contributed by atoms with Gasteiger partial charge in [-0.2, -0.15) is 0 Å². The summed E-state index contributed by atoms with van der Waals surface area (Å²) < 4.78 is 19.0. The van der Waals surface area contributed by atoms with E-state index in [4.69, 9.17) is 16.9 Å². The molecule has 19 heavy (non-hydrogen) atoms. The van der Waals surface area contributed by atoms with E-state index in [9.17, 15) is 9.18 Å². The van der Waals surface area contributed by atoms with Gasteiger partial charge in [-0.3, -0.25) is 4.79 Å². The summed E-state index contributed by atoms with van der Waals surface area (Å²) in [4.78, 5) is 11.5. The van der Waals surface area contributed by atoms with Gasteiger partial charge in [0.2, 0.25) is 0 Å². The predicted molar refractivity (Wildman–Crippen MR) is 70.9 cm³/mol. The molecule has 4 nitrogen and oxygen atoms in total. The Balaban J connectivity index is 2.70. The van der Waals surface area contributed by atoms with Crippen LogP contribution in [0.1, 0.15) is 25.5 Å². The monoisotopic (exact) mass is 264 g/mol. The van der Waals surface area contributed by atoms with E-state index in [1.165, 1.54) is 6.07 Å². The molecule has 1 amide bonds. The molecule has 5 heteroatoms. The Kier molecular flexibility index (Phi) is 5.34. The fourth-order valence-electron chi connectivity index (χ4n) is 1.49. The standard InChI is InChI=1S/C14H17FN2O2/c1-4-7-17-14(18)10(3)19-11-5-6-12(9(2)16)13(15)8-11/h1,5-6,8-10H,7,16H2,2-3H3,(H,17,18). The number of carbonyl (C=O) groups excluding carboxylic acids is 1. The van der Waals surface area contributed by atoms with Gasteiger partial charge in [0.15, 0.2) is 6.10 Å². The van der Waals surface area contributed by atoms with Crippen LogP contribution in [0.25, 0.3) is 0 Å². The second-order valence-corrected chi connectivity index (χ2v) is 4.15. The lowest BCUT2D eigenvalue weighted by Crippen LogP contribution is -2.36. The van der Waals surface area contributed by atoms with Crippen molar-refractivity contribution in [1.82, 2.24) is 5.32 Å². The molecule has 0 saturated carbocycles. The molecule has 102 valence electrons. The van der Waals surface area contributed by atoms with Gasteiger partial charge in [0, 0.05) is 17.7 Å². The maximum atomic E-state index is 13.7. The summed E-state index contributed by atoms with van der Waals surface area (Å²) in [6, 6.07) is 3.93. The molecule has 1 rings (SSSR count). The number of nitrogens with one attached hydrogen (secondary N) is 1. The molecule has 0 aromatic heterocycles. The van der Waals surface area contributed by atoms with E-state index >= 15 is 0 Å². The van der Waals surface area contributed by atoms with Crippen LogP contribution in [-0.4, -0.2) is 18.6 Å². The van der Waals surface area contributed by atoms with Crippen molar-refractivity contribution in [2.45, 2.75) is 26.0 Å². The van der Waals surface area contributed by atoms with Crippen molar-refractivity contribution in [3.8, 4) is 18.1 Å². The zero-order valence-electron chi connectivity index (χ0n) is 10.9. The molecule has 2 unspecified atom stereocenters.